The van der Waals surface area contributed by atoms with Gasteiger partial charge in [0.05, 0.1) is 17.0 Å². The largest absolute Gasteiger partial charge is 0.478 e. The van der Waals surface area contributed by atoms with Gasteiger partial charge < -0.3 is 20.5 Å². The molecule has 2 rings (SSSR count). The molecule has 0 aliphatic heterocycles. The van der Waals surface area contributed by atoms with Crippen molar-refractivity contribution in [3.63, 3.8) is 0 Å². The van der Waals surface area contributed by atoms with Crippen molar-refractivity contribution in [2.24, 2.45) is 0 Å². The summed E-state index contributed by atoms with van der Waals surface area (Å²) < 4.78 is 5.01. The van der Waals surface area contributed by atoms with E-state index in [2.05, 4.69) is 10.6 Å². The third kappa shape index (κ3) is 5.27. The fourth-order valence-electron chi connectivity index (χ4n) is 2.28. The third-order valence-corrected chi connectivity index (χ3v) is 4.68. The van der Waals surface area contributed by atoms with Crippen molar-refractivity contribution in [2.45, 2.75) is 13.8 Å². The second-order valence-corrected chi connectivity index (χ2v) is 6.48. The van der Waals surface area contributed by atoms with Crippen LogP contribution in [0.15, 0.2) is 42.5 Å². The SMILES string of the molecule is CCOC(=O)c1c(NC(=O)/C=C/C(=O)O)sc(C(=O)Nc2ccccc2)c1C. The molecule has 0 fully saturated rings. The van der Waals surface area contributed by atoms with Gasteiger partial charge in [0.25, 0.3) is 5.91 Å². The van der Waals surface area contributed by atoms with Gasteiger partial charge in [0.1, 0.15) is 5.00 Å². The Morgan fingerprint density at radius 3 is 2.39 bits per heavy atom. The molecule has 2 aromatic rings. The fraction of sp³-hybridized carbons (Fsp3) is 0.158. The zero-order chi connectivity index (χ0) is 20.7. The maximum atomic E-state index is 12.6. The Balaban J connectivity index is 2.36. The van der Waals surface area contributed by atoms with E-state index in [9.17, 15) is 19.2 Å². The van der Waals surface area contributed by atoms with E-state index in [0.717, 1.165) is 17.4 Å². The molecule has 2 amide bonds. The summed E-state index contributed by atoms with van der Waals surface area (Å²) in [7, 11) is 0. The quantitative estimate of drug-likeness (QED) is 0.483. The number of carbonyl (C=O) groups excluding carboxylic acids is 3. The molecule has 0 bridgehead atoms. The van der Waals surface area contributed by atoms with Gasteiger partial charge in [-0.3, -0.25) is 9.59 Å². The van der Waals surface area contributed by atoms with E-state index in [1.54, 1.807) is 38.1 Å². The molecule has 0 aliphatic rings. The van der Waals surface area contributed by atoms with Crippen LogP contribution in [0.5, 0.6) is 0 Å². The van der Waals surface area contributed by atoms with Crippen molar-refractivity contribution in [1.82, 2.24) is 0 Å². The zero-order valence-electron chi connectivity index (χ0n) is 15.1. The molecule has 28 heavy (non-hydrogen) atoms. The van der Waals surface area contributed by atoms with Crippen LogP contribution in [0.3, 0.4) is 0 Å². The van der Waals surface area contributed by atoms with Gasteiger partial charge in [0.15, 0.2) is 0 Å². The Morgan fingerprint density at radius 2 is 1.79 bits per heavy atom. The highest BCUT2D eigenvalue weighted by atomic mass is 32.1. The van der Waals surface area contributed by atoms with Crippen LogP contribution in [-0.4, -0.2) is 35.5 Å². The Labute approximate surface area is 164 Å². The molecule has 8 nitrogen and oxygen atoms in total. The number of ether oxygens (including phenoxy) is 1. The summed E-state index contributed by atoms with van der Waals surface area (Å²) in [6.07, 6.45) is 1.49. The molecule has 0 spiro atoms. The molecule has 9 heteroatoms. The first-order chi connectivity index (χ1) is 13.3. The lowest BCUT2D eigenvalue weighted by molar-refractivity contribution is -0.131. The van der Waals surface area contributed by atoms with Gasteiger partial charge in [0.2, 0.25) is 5.91 Å². The predicted molar refractivity (Wildman–Crippen MR) is 105 cm³/mol. The number of benzene rings is 1. The smallest absolute Gasteiger partial charge is 0.341 e. The number of hydrogen-bond acceptors (Lipinski definition) is 6. The Kier molecular flexibility index (Phi) is 7.05. The third-order valence-electron chi connectivity index (χ3n) is 3.48. The van der Waals surface area contributed by atoms with Gasteiger partial charge in [-0.25, -0.2) is 9.59 Å². The molecule has 1 aromatic carbocycles. The normalized spacial score (nSPS) is 10.5. The van der Waals surface area contributed by atoms with Gasteiger partial charge in [-0.2, -0.15) is 0 Å². The summed E-state index contributed by atoms with van der Waals surface area (Å²) in [5.74, 6) is -3.16. The average molecular weight is 402 g/mol. The summed E-state index contributed by atoms with van der Waals surface area (Å²) in [4.78, 5) is 47.6. The maximum absolute atomic E-state index is 12.6. The fourth-order valence-corrected chi connectivity index (χ4v) is 3.37. The van der Waals surface area contributed by atoms with E-state index in [4.69, 9.17) is 9.84 Å². The molecule has 0 unspecified atom stereocenters. The average Bonchev–Trinajstić information content (AvgIpc) is 2.97. The molecule has 0 saturated heterocycles. The van der Waals surface area contributed by atoms with Crippen LogP contribution in [0.25, 0.3) is 0 Å². The van der Waals surface area contributed by atoms with Gasteiger partial charge >= 0.3 is 11.9 Å². The molecule has 0 atom stereocenters. The number of anilines is 2. The van der Waals surface area contributed by atoms with Crippen molar-refractivity contribution in [3.8, 4) is 0 Å². The molecule has 0 radical (unpaired) electrons. The molecular weight excluding hydrogens is 384 g/mol. The van der Waals surface area contributed by atoms with Gasteiger partial charge in [0, 0.05) is 17.8 Å². The topological polar surface area (TPSA) is 122 Å². The number of carbonyl (C=O) groups is 4. The van der Waals surface area contributed by atoms with Crippen LogP contribution in [0, 0.1) is 6.92 Å². The van der Waals surface area contributed by atoms with Crippen LogP contribution in [0.1, 0.15) is 32.5 Å². The van der Waals surface area contributed by atoms with E-state index >= 15 is 0 Å². The Bertz CT molecular complexity index is 933. The number of nitrogens with one attached hydrogen (secondary N) is 2. The van der Waals surface area contributed by atoms with Crippen molar-refractivity contribution in [2.75, 3.05) is 17.2 Å². The number of carboxylic acid groups (broad SMARTS) is 1. The van der Waals surface area contributed by atoms with E-state index in [-0.39, 0.29) is 22.0 Å². The van der Waals surface area contributed by atoms with Gasteiger partial charge in [-0.05, 0) is 31.5 Å². The molecule has 0 aliphatic carbocycles. The number of aliphatic carboxylic acids is 1. The van der Waals surface area contributed by atoms with Crippen LogP contribution < -0.4 is 10.6 Å². The van der Waals surface area contributed by atoms with Gasteiger partial charge in [-0.15, -0.1) is 11.3 Å². The first-order valence-electron chi connectivity index (χ1n) is 8.22. The highest BCUT2D eigenvalue weighted by molar-refractivity contribution is 7.19. The summed E-state index contributed by atoms with van der Waals surface area (Å²) in [5.41, 5.74) is 0.990. The highest BCUT2D eigenvalue weighted by Gasteiger charge is 2.26. The maximum Gasteiger partial charge on any atom is 0.341 e. The summed E-state index contributed by atoms with van der Waals surface area (Å²) in [5, 5.41) is 13.9. The van der Waals surface area contributed by atoms with Crippen LogP contribution >= 0.6 is 11.3 Å². The molecule has 0 saturated carbocycles. The highest BCUT2D eigenvalue weighted by Crippen LogP contribution is 2.34. The lowest BCUT2D eigenvalue weighted by atomic mass is 10.1. The molecular formula is C19H18N2O6S. The predicted octanol–water partition coefficient (Wildman–Crippen LogP) is 3.06. The number of rotatable bonds is 7. The van der Waals surface area contributed by atoms with E-state index in [1.165, 1.54) is 0 Å². The van der Waals surface area contributed by atoms with Gasteiger partial charge in [-0.1, -0.05) is 18.2 Å². The molecule has 1 heterocycles. The lowest BCUT2D eigenvalue weighted by Gasteiger charge is -2.06. The second kappa shape index (κ2) is 9.47. The summed E-state index contributed by atoms with van der Waals surface area (Å²) >= 11 is 0.904. The van der Waals surface area contributed by atoms with Crippen molar-refractivity contribution in [3.05, 3.63) is 58.5 Å². The van der Waals surface area contributed by atoms with E-state index in [1.807, 2.05) is 6.07 Å². The Hall–Kier alpha value is -3.46. The first kappa shape index (κ1) is 20.8. The molecule has 1 aromatic heterocycles. The van der Waals surface area contributed by atoms with Crippen molar-refractivity contribution >= 4 is 45.8 Å². The minimum atomic E-state index is -1.29. The van der Waals surface area contributed by atoms with Crippen LogP contribution in [-0.2, 0) is 14.3 Å². The first-order valence-corrected chi connectivity index (χ1v) is 9.04. The Morgan fingerprint density at radius 1 is 1.11 bits per heavy atom. The molecule has 146 valence electrons. The lowest BCUT2D eigenvalue weighted by Crippen LogP contribution is -2.14. The summed E-state index contributed by atoms with van der Waals surface area (Å²) in [6.45, 7) is 3.33. The van der Waals surface area contributed by atoms with Crippen molar-refractivity contribution < 1.29 is 29.0 Å². The zero-order valence-corrected chi connectivity index (χ0v) is 16.0. The molecule has 3 N–H and O–H groups in total. The number of para-hydroxylation sites is 1. The number of amides is 2. The van der Waals surface area contributed by atoms with Crippen LogP contribution in [0.4, 0.5) is 10.7 Å². The van der Waals surface area contributed by atoms with Crippen LogP contribution in [0.2, 0.25) is 0 Å². The standard InChI is InChI=1S/C19H18N2O6S/c1-3-27-19(26)15-11(2)16(17(25)20-12-7-5-4-6-8-12)28-18(15)21-13(22)9-10-14(23)24/h4-10H,3H2,1-2H3,(H,20,25)(H,21,22)(H,23,24)/b10-9+. The number of carboxylic acids is 1. The van der Waals surface area contributed by atoms with E-state index < -0.39 is 23.8 Å². The number of esters is 1. The van der Waals surface area contributed by atoms with E-state index in [0.29, 0.717) is 17.3 Å². The minimum Gasteiger partial charge on any atom is -0.478 e. The summed E-state index contributed by atoms with van der Waals surface area (Å²) in [6, 6.07) is 8.77. The minimum absolute atomic E-state index is 0.0575. The number of hydrogen-bond donors (Lipinski definition) is 3. The second-order valence-electron chi connectivity index (χ2n) is 5.46. The van der Waals surface area contributed by atoms with Crippen molar-refractivity contribution in [1.29, 1.82) is 0 Å². The number of thiophene rings is 1. The monoisotopic (exact) mass is 402 g/mol.